The predicted molar refractivity (Wildman–Crippen MR) is 50.3 cm³/mol. The van der Waals surface area contributed by atoms with Gasteiger partial charge in [0.2, 0.25) is 0 Å². The van der Waals surface area contributed by atoms with Crippen molar-refractivity contribution in [3.05, 3.63) is 29.3 Å². The molecule has 0 saturated carbocycles. The van der Waals surface area contributed by atoms with Crippen LogP contribution in [0.1, 0.15) is 11.1 Å². The summed E-state index contributed by atoms with van der Waals surface area (Å²) in [6.45, 7) is 1.39. The van der Waals surface area contributed by atoms with Gasteiger partial charge in [0.1, 0.15) is 6.54 Å². The normalized spacial score (nSPS) is 10.9. The van der Waals surface area contributed by atoms with E-state index in [1.165, 1.54) is 19.1 Å². The molecule has 1 aromatic carbocycles. The molecule has 5 heteroatoms. The Bertz CT molecular complexity index is 391. The van der Waals surface area contributed by atoms with Gasteiger partial charge in [0.05, 0.1) is 11.6 Å². The summed E-state index contributed by atoms with van der Waals surface area (Å²) in [5, 5.41) is 10.8. The summed E-state index contributed by atoms with van der Waals surface area (Å²) in [7, 11) is 0. The van der Waals surface area contributed by atoms with Crippen LogP contribution in [-0.2, 0) is 6.18 Å². The molecule has 2 nitrogen and oxygen atoms in total. The third kappa shape index (κ3) is 2.88. The lowest BCUT2D eigenvalue weighted by atomic mass is 10.1. The van der Waals surface area contributed by atoms with E-state index in [9.17, 15) is 13.2 Å². The third-order valence-corrected chi connectivity index (χ3v) is 1.91. The Labute approximate surface area is 85.3 Å². The number of aryl methyl sites for hydroxylation is 1. The van der Waals surface area contributed by atoms with Crippen LogP contribution in [0.5, 0.6) is 0 Å². The molecule has 0 atom stereocenters. The van der Waals surface area contributed by atoms with Crippen molar-refractivity contribution in [1.29, 1.82) is 5.26 Å². The number of nitrogens with one attached hydrogen (secondary N) is 1. The minimum atomic E-state index is -4.35. The van der Waals surface area contributed by atoms with Gasteiger partial charge in [-0.15, -0.1) is 0 Å². The monoisotopic (exact) mass is 214 g/mol. The zero-order chi connectivity index (χ0) is 11.5. The van der Waals surface area contributed by atoms with E-state index < -0.39 is 11.7 Å². The Morgan fingerprint density at radius 1 is 1.40 bits per heavy atom. The number of hydrogen-bond donors (Lipinski definition) is 1. The first-order valence-corrected chi connectivity index (χ1v) is 4.24. The standard InChI is InChI=1S/C10H9F3N2/c1-7-2-3-8(15-5-4-14)6-9(7)10(11,12)13/h2-3,6,15H,5H2,1H3. The van der Waals surface area contributed by atoms with Gasteiger partial charge < -0.3 is 5.32 Å². The molecule has 0 heterocycles. The van der Waals surface area contributed by atoms with E-state index in [0.29, 0.717) is 5.69 Å². The molecule has 0 aliphatic carbocycles. The number of nitriles is 1. The molecule has 1 aromatic rings. The number of anilines is 1. The molecular formula is C10H9F3N2. The number of nitrogens with zero attached hydrogens (tertiary/aromatic N) is 1. The molecule has 0 radical (unpaired) electrons. The fraction of sp³-hybridized carbons (Fsp3) is 0.300. The summed E-state index contributed by atoms with van der Waals surface area (Å²) >= 11 is 0. The molecule has 0 unspecified atom stereocenters. The van der Waals surface area contributed by atoms with Crippen molar-refractivity contribution in [3.63, 3.8) is 0 Å². The first-order chi connectivity index (χ1) is 6.95. The van der Waals surface area contributed by atoms with Gasteiger partial charge in [0.25, 0.3) is 0 Å². The number of benzene rings is 1. The van der Waals surface area contributed by atoms with E-state index in [1.54, 1.807) is 6.07 Å². The fourth-order valence-electron chi connectivity index (χ4n) is 1.18. The lowest BCUT2D eigenvalue weighted by Gasteiger charge is -2.12. The van der Waals surface area contributed by atoms with Crippen molar-refractivity contribution < 1.29 is 13.2 Å². The van der Waals surface area contributed by atoms with E-state index in [4.69, 9.17) is 5.26 Å². The van der Waals surface area contributed by atoms with Gasteiger partial charge in [-0.25, -0.2) is 0 Å². The lowest BCUT2D eigenvalue weighted by molar-refractivity contribution is -0.138. The Morgan fingerprint density at radius 3 is 2.60 bits per heavy atom. The largest absolute Gasteiger partial charge is 0.416 e. The van der Waals surface area contributed by atoms with Crippen LogP contribution in [0.15, 0.2) is 18.2 Å². The third-order valence-electron chi connectivity index (χ3n) is 1.91. The second kappa shape index (κ2) is 4.22. The van der Waals surface area contributed by atoms with Crippen molar-refractivity contribution >= 4 is 5.69 Å². The Balaban J connectivity index is 3.02. The molecule has 80 valence electrons. The van der Waals surface area contributed by atoms with Crippen LogP contribution in [0.3, 0.4) is 0 Å². The van der Waals surface area contributed by atoms with Crippen LogP contribution in [0.2, 0.25) is 0 Å². The number of halogens is 3. The first-order valence-electron chi connectivity index (χ1n) is 4.24. The highest BCUT2D eigenvalue weighted by Crippen LogP contribution is 2.33. The number of hydrogen-bond acceptors (Lipinski definition) is 2. The van der Waals surface area contributed by atoms with Crippen molar-refractivity contribution in [2.45, 2.75) is 13.1 Å². The van der Waals surface area contributed by atoms with Crippen LogP contribution in [-0.4, -0.2) is 6.54 Å². The van der Waals surface area contributed by atoms with Crippen molar-refractivity contribution in [2.75, 3.05) is 11.9 Å². The van der Waals surface area contributed by atoms with Crippen LogP contribution < -0.4 is 5.32 Å². The molecule has 15 heavy (non-hydrogen) atoms. The molecule has 0 aliphatic rings. The van der Waals surface area contributed by atoms with E-state index in [-0.39, 0.29) is 12.1 Å². The molecule has 1 N–H and O–H groups in total. The van der Waals surface area contributed by atoms with Crippen molar-refractivity contribution in [3.8, 4) is 6.07 Å². The zero-order valence-corrected chi connectivity index (χ0v) is 8.02. The topological polar surface area (TPSA) is 35.8 Å². The highest BCUT2D eigenvalue weighted by Gasteiger charge is 2.32. The van der Waals surface area contributed by atoms with Gasteiger partial charge in [-0.3, -0.25) is 0 Å². The first kappa shape index (κ1) is 11.4. The molecule has 0 saturated heterocycles. The molecule has 0 amide bonds. The van der Waals surface area contributed by atoms with Gasteiger partial charge in [-0.1, -0.05) is 6.07 Å². The average Bonchev–Trinajstić information content (AvgIpc) is 2.15. The summed E-state index contributed by atoms with van der Waals surface area (Å²) in [4.78, 5) is 0. The molecule has 0 bridgehead atoms. The SMILES string of the molecule is Cc1ccc(NCC#N)cc1C(F)(F)F. The van der Waals surface area contributed by atoms with Crippen LogP contribution >= 0.6 is 0 Å². The zero-order valence-electron chi connectivity index (χ0n) is 8.02. The lowest BCUT2D eigenvalue weighted by Crippen LogP contribution is -2.08. The maximum atomic E-state index is 12.5. The fourth-order valence-corrected chi connectivity index (χ4v) is 1.18. The van der Waals surface area contributed by atoms with Gasteiger partial charge in [-0.05, 0) is 24.6 Å². The highest BCUT2D eigenvalue weighted by atomic mass is 19.4. The molecule has 1 rings (SSSR count). The minimum Gasteiger partial charge on any atom is -0.372 e. The van der Waals surface area contributed by atoms with Crippen LogP contribution in [0.25, 0.3) is 0 Å². The van der Waals surface area contributed by atoms with Gasteiger partial charge in [0.15, 0.2) is 0 Å². The second-order valence-electron chi connectivity index (χ2n) is 3.04. The maximum absolute atomic E-state index is 12.5. The molecule has 0 fully saturated rings. The van der Waals surface area contributed by atoms with E-state index >= 15 is 0 Å². The van der Waals surface area contributed by atoms with Crippen molar-refractivity contribution in [1.82, 2.24) is 0 Å². The summed E-state index contributed by atoms with van der Waals surface area (Å²) < 4.78 is 37.4. The predicted octanol–water partition coefficient (Wildman–Crippen LogP) is 2.95. The van der Waals surface area contributed by atoms with E-state index in [0.717, 1.165) is 6.07 Å². The quantitative estimate of drug-likeness (QED) is 0.768. The molecular weight excluding hydrogens is 205 g/mol. The van der Waals surface area contributed by atoms with E-state index in [1.807, 2.05) is 0 Å². The maximum Gasteiger partial charge on any atom is 0.416 e. The highest BCUT2D eigenvalue weighted by molar-refractivity contribution is 5.49. The number of rotatable bonds is 2. The van der Waals surface area contributed by atoms with Crippen molar-refractivity contribution in [2.24, 2.45) is 0 Å². The van der Waals surface area contributed by atoms with Crippen LogP contribution in [0.4, 0.5) is 18.9 Å². The van der Waals surface area contributed by atoms with E-state index in [2.05, 4.69) is 5.32 Å². The smallest absolute Gasteiger partial charge is 0.372 e. The second-order valence-corrected chi connectivity index (χ2v) is 3.04. The Kier molecular flexibility index (Phi) is 3.20. The molecule has 0 spiro atoms. The summed E-state index contributed by atoms with van der Waals surface area (Å²) in [5.74, 6) is 0. The summed E-state index contributed by atoms with van der Waals surface area (Å²) in [5.41, 5.74) is -0.204. The molecule has 0 aromatic heterocycles. The Morgan fingerprint density at radius 2 is 2.07 bits per heavy atom. The number of alkyl halides is 3. The summed E-state index contributed by atoms with van der Waals surface area (Å²) in [6, 6.07) is 5.70. The van der Waals surface area contributed by atoms with Gasteiger partial charge >= 0.3 is 6.18 Å². The minimum absolute atomic E-state index is 0.0135. The van der Waals surface area contributed by atoms with Gasteiger partial charge in [0, 0.05) is 5.69 Å². The van der Waals surface area contributed by atoms with Gasteiger partial charge in [-0.2, -0.15) is 18.4 Å². The molecule has 0 aliphatic heterocycles. The Hall–Kier alpha value is -1.70. The average molecular weight is 214 g/mol. The summed E-state index contributed by atoms with van der Waals surface area (Å²) in [6.07, 6.45) is -4.35. The van der Waals surface area contributed by atoms with Crippen LogP contribution in [0, 0.1) is 18.3 Å².